The number of aliphatic hydroxyl groups is 2. The molecule has 1 unspecified atom stereocenters. The zero-order valence-corrected chi connectivity index (χ0v) is 9.78. The molecule has 0 aliphatic rings. The fourth-order valence-electron chi connectivity index (χ4n) is 1.80. The summed E-state index contributed by atoms with van der Waals surface area (Å²) in [4.78, 5) is 3.10. The fraction of sp³-hybridized carbons (Fsp3) is 0.385. The molecule has 3 nitrogen and oxygen atoms in total. The smallest absolute Gasteiger partial charge is 0.117 e. The van der Waals surface area contributed by atoms with Crippen molar-refractivity contribution in [3.8, 4) is 0 Å². The molecule has 0 bridgehead atoms. The molecule has 0 saturated heterocycles. The van der Waals surface area contributed by atoms with Crippen LogP contribution < -0.4 is 0 Å². The maximum Gasteiger partial charge on any atom is 0.117 e. The van der Waals surface area contributed by atoms with Crippen molar-refractivity contribution in [1.29, 1.82) is 0 Å². The maximum atomic E-state index is 10.4. The monoisotopic (exact) mass is 219 g/mol. The van der Waals surface area contributed by atoms with Crippen molar-refractivity contribution in [2.24, 2.45) is 0 Å². The molecule has 0 fully saturated rings. The topological polar surface area (TPSA) is 56.2 Å². The van der Waals surface area contributed by atoms with E-state index in [0.29, 0.717) is 0 Å². The van der Waals surface area contributed by atoms with Gasteiger partial charge < -0.3 is 15.2 Å². The Bertz CT molecular complexity index is 506. The second kappa shape index (κ2) is 3.34. The third-order valence-electron chi connectivity index (χ3n) is 3.31. The summed E-state index contributed by atoms with van der Waals surface area (Å²) in [6, 6.07) is 7.72. The Balaban J connectivity index is 2.64. The second-order valence-electron chi connectivity index (χ2n) is 4.88. The Morgan fingerprint density at radius 3 is 2.31 bits per heavy atom. The molecule has 0 radical (unpaired) electrons. The molecule has 0 spiro atoms. The molecule has 1 heterocycles. The quantitative estimate of drug-likeness (QED) is 0.724. The number of aromatic nitrogens is 1. The van der Waals surface area contributed by atoms with Gasteiger partial charge in [-0.25, -0.2) is 0 Å². The van der Waals surface area contributed by atoms with E-state index in [4.69, 9.17) is 0 Å². The molecule has 0 saturated carbocycles. The van der Waals surface area contributed by atoms with Crippen LogP contribution in [0.15, 0.2) is 30.5 Å². The van der Waals surface area contributed by atoms with Gasteiger partial charge in [0.05, 0.1) is 5.60 Å². The molecule has 16 heavy (non-hydrogen) atoms. The average Bonchev–Trinajstić information content (AvgIpc) is 2.59. The summed E-state index contributed by atoms with van der Waals surface area (Å²) in [5, 5.41) is 21.4. The first-order valence-corrected chi connectivity index (χ1v) is 5.35. The predicted molar refractivity (Wildman–Crippen MR) is 64.2 cm³/mol. The summed E-state index contributed by atoms with van der Waals surface area (Å²) in [7, 11) is 0. The number of para-hydroxylation sites is 1. The van der Waals surface area contributed by atoms with Crippen molar-refractivity contribution in [3.05, 3.63) is 36.0 Å². The molecule has 2 aromatic rings. The maximum absolute atomic E-state index is 10.4. The first-order valence-electron chi connectivity index (χ1n) is 5.35. The number of aromatic amines is 1. The second-order valence-corrected chi connectivity index (χ2v) is 4.88. The van der Waals surface area contributed by atoms with E-state index in [0.717, 1.165) is 16.5 Å². The van der Waals surface area contributed by atoms with Gasteiger partial charge in [0.25, 0.3) is 0 Å². The van der Waals surface area contributed by atoms with Crippen LogP contribution >= 0.6 is 0 Å². The minimum Gasteiger partial charge on any atom is -0.387 e. The Hall–Kier alpha value is -1.32. The van der Waals surface area contributed by atoms with Crippen molar-refractivity contribution in [3.63, 3.8) is 0 Å². The van der Waals surface area contributed by atoms with Crippen LogP contribution in [-0.2, 0) is 5.60 Å². The summed E-state index contributed by atoms with van der Waals surface area (Å²) in [6.07, 6.45) is 1.75. The number of H-pyrrole nitrogens is 1. The van der Waals surface area contributed by atoms with Gasteiger partial charge in [0.15, 0.2) is 0 Å². The summed E-state index contributed by atoms with van der Waals surface area (Å²) in [5.41, 5.74) is -0.803. The first kappa shape index (κ1) is 11.2. The molecule has 0 amide bonds. The first-order chi connectivity index (χ1) is 7.34. The van der Waals surface area contributed by atoms with Crippen LogP contribution in [0.25, 0.3) is 10.9 Å². The summed E-state index contributed by atoms with van der Waals surface area (Å²) in [6.45, 7) is 4.84. The molecule has 1 aromatic carbocycles. The van der Waals surface area contributed by atoms with Crippen LogP contribution in [0.2, 0.25) is 0 Å². The zero-order chi connectivity index (χ0) is 12.0. The fourth-order valence-corrected chi connectivity index (χ4v) is 1.80. The van der Waals surface area contributed by atoms with E-state index < -0.39 is 11.2 Å². The van der Waals surface area contributed by atoms with E-state index in [1.807, 2.05) is 24.3 Å². The van der Waals surface area contributed by atoms with Crippen molar-refractivity contribution in [2.45, 2.75) is 32.0 Å². The number of benzene rings is 1. The van der Waals surface area contributed by atoms with Gasteiger partial charge in [0.2, 0.25) is 0 Å². The lowest BCUT2D eigenvalue weighted by Gasteiger charge is -2.35. The largest absolute Gasteiger partial charge is 0.387 e. The average molecular weight is 219 g/mol. The summed E-state index contributed by atoms with van der Waals surface area (Å²) in [5.74, 6) is 0. The van der Waals surface area contributed by atoms with Crippen LogP contribution in [0.5, 0.6) is 0 Å². The van der Waals surface area contributed by atoms with Crippen molar-refractivity contribution < 1.29 is 10.2 Å². The van der Waals surface area contributed by atoms with E-state index >= 15 is 0 Å². The minimum absolute atomic E-state index is 0.718. The molecule has 0 aliphatic heterocycles. The lowest BCUT2D eigenvalue weighted by atomic mass is 9.81. The zero-order valence-electron chi connectivity index (χ0n) is 9.78. The highest BCUT2D eigenvalue weighted by Gasteiger charge is 2.40. The van der Waals surface area contributed by atoms with Crippen LogP contribution in [-0.4, -0.2) is 20.8 Å². The van der Waals surface area contributed by atoms with Gasteiger partial charge in [-0.1, -0.05) is 18.2 Å². The molecule has 1 aromatic heterocycles. The molecule has 86 valence electrons. The normalized spacial score (nSPS) is 16.3. The predicted octanol–water partition coefficient (Wildman–Crippen LogP) is 2.15. The molecule has 3 heteroatoms. The number of fused-ring (bicyclic) bond motifs is 1. The Kier molecular flexibility index (Phi) is 2.33. The Morgan fingerprint density at radius 1 is 1.06 bits per heavy atom. The molecule has 0 aliphatic carbocycles. The van der Waals surface area contributed by atoms with Crippen molar-refractivity contribution in [2.75, 3.05) is 0 Å². The van der Waals surface area contributed by atoms with Crippen molar-refractivity contribution in [1.82, 2.24) is 4.98 Å². The van der Waals surface area contributed by atoms with E-state index in [9.17, 15) is 10.2 Å². The van der Waals surface area contributed by atoms with Crippen LogP contribution in [0.4, 0.5) is 0 Å². The standard InChI is InChI=1S/C13H17NO2/c1-12(2,15)13(3,16)10-8-14-11-7-5-4-6-9(10)11/h4-8,14-16H,1-3H3. The minimum atomic E-state index is -1.29. The van der Waals surface area contributed by atoms with Crippen LogP contribution in [0, 0.1) is 0 Å². The molecule has 1 atom stereocenters. The molecular weight excluding hydrogens is 202 g/mol. The van der Waals surface area contributed by atoms with Gasteiger partial charge in [-0.05, 0) is 26.8 Å². The summed E-state index contributed by atoms with van der Waals surface area (Å²) < 4.78 is 0. The Morgan fingerprint density at radius 2 is 1.69 bits per heavy atom. The van der Waals surface area contributed by atoms with E-state index in [1.165, 1.54) is 0 Å². The lowest BCUT2D eigenvalue weighted by Crippen LogP contribution is -2.44. The third-order valence-corrected chi connectivity index (χ3v) is 3.31. The Labute approximate surface area is 94.7 Å². The highest BCUT2D eigenvalue weighted by Crippen LogP contribution is 2.36. The van der Waals surface area contributed by atoms with E-state index in [-0.39, 0.29) is 0 Å². The van der Waals surface area contributed by atoms with Gasteiger partial charge in [-0.3, -0.25) is 0 Å². The number of nitrogens with one attached hydrogen (secondary N) is 1. The van der Waals surface area contributed by atoms with Gasteiger partial charge in [-0.2, -0.15) is 0 Å². The number of hydrogen-bond acceptors (Lipinski definition) is 2. The number of rotatable bonds is 2. The van der Waals surface area contributed by atoms with Gasteiger partial charge in [0, 0.05) is 22.7 Å². The van der Waals surface area contributed by atoms with Crippen LogP contribution in [0.1, 0.15) is 26.3 Å². The highest BCUT2D eigenvalue weighted by atomic mass is 16.4. The van der Waals surface area contributed by atoms with E-state index in [2.05, 4.69) is 4.98 Å². The molecular formula is C13H17NO2. The van der Waals surface area contributed by atoms with Gasteiger partial charge in [-0.15, -0.1) is 0 Å². The van der Waals surface area contributed by atoms with Crippen molar-refractivity contribution >= 4 is 10.9 Å². The van der Waals surface area contributed by atoms with E-state index in [1.54, 1.807) is 27.0 Å². The molecule has 2 rings (SSSR count). The number of hydrogen-bond donors (Lipinski definition) is 3. The third kappa shape index (κ3) is 1.52. The summed E-state index contributed by atoms with van der Waals surface area (Å²) >= 11 is 0. The van der Waals surface area contributed by atoms with Gasteiger partial charge >= 0.3 is 0 Å². The van der Waals surface area contributed by atoms with Crippen LogP contribution in [0.3, 0.4) is 0 Å². The highest BCUT2D eigenvalue weighted by molar-refractivity contribution is 5.84. The van der Waals surface area contributed by atoms with Gasteiger partial charge in [0.1, 0.15) is 5.60 Å². The molecule has 3 N–H and O–H groups in total. The SMILES string of the molecule is CC(C)(O)C(C)(O)c1c[nH]c2ccccc12. The lowest BCUT2D eigenvalue weighted by molar-refractivity contribution is -0.124.